The summed E-state index contributed by atoms with van der Waals surface area (Å²) < 4.78 is 95.2. The van der Waals surface area contributed by atoms with Gasteiger partial charge >= 0.3 is 12.4 Å². The number of alkyl halides is 6. The third-order valence-electron chi connectivity index (χ3n) is 6.74. The molecule has 2 fully saturated rings. The molecule has 39 heavy (non-hydrogen) atoms. The van der Waals surface area contributed by atoms with Gasteiger partial charge in [0.1, 0.15) is 5.82 Å². The van der Waals surface area contributed by atoms with Crippen molar-refractivity contribution in [2.75, 3.05) is 22.9 Å². The molecule has 0 spiro atoms. The van der Waals surface area contributed by atoms with Crippen LogP contribution in [0.4, 0.5) is 42.5 Å². The molecule has 2 heterocycles. The number of pyridine rings is 1. The second kappa shape index (κ2) is 10.3. The fourth-order valence-corrected chi connectivity index (χ4v) is 4.46. The Kier molecular flexibility index (Phi) is 7.14. The van der Waals surface area contributed by atoms with Gasteiger partial charge < -0.3 is 9.80 Å². The lowest BCUT2D eigenvalue weighted by atomic mass is 10.0. The highest BCUT2D eigenvalue weighted by Crippen LogP contribution is 2.38. The molecule has 0 unspecified atom stereocenters. The molecule has 2 saturated carbocycles. The number of hydrogen-bond donors (Lipinski definition) is 0. The van der Waals surface area contributed by atoms with E-state index >= 15 is 0 Å². The van der Waals surface area contributed by atoms with Crippen molar-refractivity contribution in [3.63, 3.8) is 0 Å². The summed E-state index contributed by atoms with van der Waals surface area (Å²) in [6.45, 7) is 0.969. The van der Waals surface area contributed by atoms with Crippen LogP contribution in [-0.2, 0) is 32.5 Å². The SMILES string of the molecule is Cn1nnc(N(Cc2cc(C(F)(F)F)cc(C(F)(F)F)c2)Cc2ccc(F)nc2N(CC2CC2)CC2CC2)n1. The van der Waals surface area contributed by atoms with Crippen molar-refractivity contribution in [1.82, 2.24) is 25.2 Å². The van der Waals surface area contributed by atoms with E-state index in [1.807, 2.05) is 4.90 Å². The standard InChI is InChI=1S/C25H26F7N7/c1-37-35-23(34-36-37)39(13-17-8-19(24(27,28)29)10-20(9-17)25(30,31)32)14-18-6-7-21(26)33-22(18)38(11-15-2-3-15)12-16-4-5-16/h6-10,15-16H,2-5,11-14H2,1H3. The van der Waals surface area contributed by atoms with E-state index in [4.69, 9.17) is 0 Å². The van der Waals surface area contributed by atoms with Crippen molar-refractivity contribution < 1.29 is 30.7 Å². The average Bonchev–Trinajstić information content (AvgIpc) is 3.79. The topological polar surface area (TPSA) is 63.0 Å². The third-order valence-corrected chi connectivity index (χ3v) is 6.74. The van der Waals surface area contributed by atoms with Gasteiger partial charge in [0.2, 0.25) is 5.95 Å². The van der Waals surface area contributed by atoms with Gasteiger partial charge in [-0.05, 0) is 78.6 Å². The van der Waals surface area contributed by atoms with Gasteiger partial charge in [0.25, 0.3) is 5.95 Å². The van der Waals surface area contributed by atoms with E-state index in [0.717, 1.165) is 30.5 Å². The Bertz CT molecular complexity index is 1270. The van der Waals surface area contributed by atoms with E-state index in [2.05, 4.69) is 20.4 Å². The van der Waals surface area contributed by atoms with E-state index in [1.54, 1.807) is 0 Å². The summed E-state index contributed by atoms with van der Waals surface area (Å²) in [5.41, 5.74) is -2.52. The van der Waals surface area contributed by atoms with Gasteiger partial charge in [-0.3, -0.25) is 0 Å². The zero-order valence-corrected chi connectivity index (χ0v) is 21.0. The molecule has 3 aromatic rings. The number of nitrogens with zero attached hydrogens (tertiary/aromatic N) is 7. The van der Waals surface area contributed by atoms with Crippen LogP contribution < -0.4 is 9.80 Å². The molecule has 1 aromatic carbocycles. The van der Waals surface area contributed by atoms with Gasteiger partial charge in [-0.1, -0.05) is 5.10 Å². The van der Waals surface area contributed by atoms with Gasteiger partial charge in [0.15, 0.2) is 0 Å². The molecule has 0 atom stereocenters. The lowest BCUT2D eigenvalue weighted by Crippen LogP contribution is -2.32. The molecule has 7 nitrogen and oxygen atoms in total. The molecule has 0 bridgehead atoms. The second-order valence-corrected chi connectivity index (χ2v) is 10.3. The molecular formula is C25H26F7N7. The van der Waals surface area contributed by atoms with Crippen molar-refractivity contribution in [1.29, 1.82) is 0 Å². The molecule has 5 rings (SSSR count). The average molecular weight is 558 g/mol. The predicted molar refractivity (Wildman–Crippen MR) is 127 cm³/mol. The number of halogens is 7. The highest BCUT2D eigenvalue weighted by molar-refractivity contribution is 5.50. The van der Waals surface area contributed by atoms with Crippen molar-refractivity contribution in [3.05, 3.63) is 58.5 Å². The molecule has 210 valence electrons. The number of tetrazole rings is 1. The summed E-state index contributed by atoms with van der Waals surface area (Å²) >= 11 is 0. The zero-order valence-electron chi connectivity index (χ0n) is 21.0. The van der Waals surface area contributed by atoms with E-state index < -0.39 is 29.4 Å². The van der Waals surface area contributed by atoms with Crippen molar-refractivity contribution in [3.8, 4) is 0 Å². The number of hydrogen-bond acceptors (Lipinski definition) is 6. The van der Waals surface area contributed by atoms with Crippen LogP contribution in [0.2, 0.25) is 0 Å². The quantitative estimate of drug-likeness (QED) is 0.239. The van der Waals surface area contributed by atoms with Gasteiger partial charge in [0.05, 0.1) is 18.2 Å². The Hall–Kier alpha value is -3.45. The molecule has 0 amide bonds. The lowest BCUT2D eigenvalue weighted by molar-refractivity contribution is -0.143. The van der Waals surface area contributed by atoms with Gasteiger partial charge in [-0.15, -0.1) is 5.10 Å². The summed E-state index contributed by atoms with van der Waals surface area (Å²) in [5.74, 6) is 0.676. The normalized spacial score (nSPS) is 16.0. The predicted octanol–water partition coefficient (Wildman–Crippen LogP) is 5.62. The first-order chi connectivity index (χ1) is 18.3. The number of anilines is 2. The van der Waals surface area contributed by atoms with Crippen LogP contribution >= 0.6 is 0 Å². The van der Waals surface area contributed by atoms with Gasteiger partial charge in [-0.2, -0.15) is 35.5 Å². The van der Waals surface area contributed by atoms with E-state index in [-0.39, 0.29) is 30.7 Å². The fraction of sp³-hybridized carbons (Fsp3) is 0.520. The number of rotatable bonds is 10. The first-order valence-corrected chi connectivity index (χ1v) is 12.5. The second-order valence-electron chi connectivity index (χ2n) is 10.3. The lowest BCUT2D eigenvalue weighted by Gasteiger charge is -2.28. The van der Waals surface area contributed by atoms with E-state index in [0.29, 0.717) is 48.4 Å². The van der Waals surface area contributed by atoms with Gasteiger partial charge in [-0.25, -0.2) is 4.98 Å². The van der Waals surface area contributed by atoms with Crippen LogP contribution in [0.5, 0.6) is 0 Å². The molecule has 2 aliphatic carbocycles. The molecule has 14 heteroatoms. The number of benzene rings is 1. The molecule has 0 N–H and O–H groups in total. The summed E-state index contributed by atoms with van der Waals surface area (Å²) in [6, 6.07) is 4.15. The van der Waals surface area contributed by atoms with Crippen molar-refractivity contribution >= 4 is 11.8 Å². The maximum absolute atomic E-state index is 14.3. The Morgan fingerprint density at radius 3 is 1.92 bits per heavy atom. The Balaban J connectivity index is 1.51. The minimum Gasteiger partial charge on any atom is -0.356 e. The highest BCUT2D eigenvalue weighted by Gasteiger charge is 2.37. The van der Waals surface area contributed by atoms with Crippen LogP contribution in [0, 0.1) is 17.8 Å². The van der Waals surface area contributed by atoms with E-state index in [9.17, 15) is 30.7 Å². The molecule has 2 aromatic heterocycles. The molecular weight excluding hydrogens is 531 g/mol. The molecule has 2 aliphatic rings. The zero-order chi connectivity index (χ0) is 27.9. The van der Waals surface area contributed by atoms with Gasteiger partial charge in [0, 0.05) is 31.7 Å². The maximum atomic E-state index is 14.3. The maximum Gasteiger partial charge on any atom is 0.416 e. The largest absolute Gasteiger partial charge is 0.416 e. The Morgan fingerprint density at radius 2 is 1.44 bits per heavy atom. The monoisotopic (exact) mass is 557 g/mol. The van der Waals surface area contributed by atoms with Crippen LogP contribution in [0.1, 0.15) is 47.9 Å². The molecule has 0 radical (unpaired) electrons. The summed E-state index contributed by atoms with van der Waals surface area (Å²) in [7, 11) is 1.48. The Morgan fingerprint density at radius 1 is 0.846 bits per heavy atom. The summed E-state index contributed by atoms with van der Waals surface area (Å²) in [4.78, 5) is 8.75. The van der Waals surface area contributed by atoms with Crippen LogP contribution in [0.25, 0.3) is 0 Å². The molecule has 0 aliphatic heterocycles. The fourth-order valence-electron chi connectivity index (χ4n) is 4.46. The number of aryl methyl sites for hydroxylation is 1. The van der Waals surface area contributed by atoms with E-state index in [1.165, 1.54) is 24.1 Å². The van der Waals surface area contributed by atoms with Crippen LogP contribution in [-0.4, -0.2) is 38.3 Å². The van der Waals surface area contributed by atoms with Crippen LogP contribution in [0.3, 0.4) is 0 Å². The Labute approximate surface area is 219 Å². The molecule has 0 saturated heterocycles. The minimum atomic E-state index is -4.98. The summed E-state index contributed by atoms with van der Waals surface area (Å²) in [6.07, 6.45) is -5.69. The minimum absolute atomic E-state index is 0.00492. The van der Waals surface area contributed by atoms with Crippen molar-refractivity contribution in [2.45, 2.75) is 51.1 Å². The number of aromatic nitrogens is 5. The smallest absolute Gasteiger partial charge is 0.356 e. The summed E-state index contributed by atoms with van der Waals surface area (Å²) in [5, 5.41) is 11.8. The first-order valence-electron chi connectivity index (χ1n) is 12.5. The first kappa shape index (κ1) is 27.1. The van der Waals surface area contributed by atoms with Crippen LogP contribution in [0.15, 0.2) is 30.3 Å². The third kappa shape index (κ3) is 6.95. The van der Waals surface area contributed by atoms with Crippen molar-refractivity contribution in [2.24, 2.45) is 18.9 Å². The highest BCUT2D eigenvalue weighted by atomic mass is 19.4.